The quantitative estimate of drug-likeness (QED) is 0.195. The van der Waals surface area contributed by atoms with Crippen molar-refractivity contribution in [1.82, 2.24) is 15.0 Å². The van der Waals surface area contributed by atoms with Gasteiger partial charge in [0.05, 0.1) is 12.3 Å². The average molecular weight is 625 g/mol. The van der Waals surface area contributed by atoms with Crippen molar-refractivity contribution >= 4 is 54.6 Å². The van der Waals surface area contributed by atoms with Gasteiger partial charge in [-0.2, -0.15) is 0 Å². The lowest BCUT2D eigenvalue weighted by atomic mass is 9.98. The number of hydrogen-bond donors (Lipinski definition) is 0. The van der Waals surface area contributed by atoms with E-state index in [2.05, 4.69) is 0 Å². The molecule has 0 saturated carbocycles. The zero-order chi connectivity index (χ0) is 39.4. The summed E-state index contributed by atoms with van der Waals surface area (Å²) in [6.07, 6.45) is 0. The molecule has 0 aliphatic carbocycles. The highest BCUT2D eigenvalue weighted by molar-refractivity contribution is 6.19. The van der Waals surface area contributed by atoms with Crippen LogP contribution >= 0.6 is 0 Å². The molecule has 0 amide bonds. The molecule has 3 aromatic heterocycles. The van der Waals surface area contributed by atoms with E-state index in [0.717, 1.165) is 21.9 Å². The van der Waals surface area contributed by atoms with Gasteiger partial charge in [-0.05, 0) is 41.2 Å². The molecular formula is C43H25N3O2. The number of benzene rings is 7. The van der Waals surface area contributed by atoms with Crippen molar-refractivity contribution in [3.63, 3.8) is 0 Å². The average Bonchev–Trinajstić information content (AvgIpc) is 3.83. The summed E-state index contributed by atoms with van der Waals surface area (Å²) < 4.78 is 91.9. The third-order valence-electron chi connectivity index (χ3n) is 8.49. The molecule has 0 spiro atoms. The summed E-state index contributed by atoms with van der Waals surface area (Å²) in [4.78, 5) is 14.8. The third-order valence-corrected chi connectivity index (χ3v) is 8.49. The zero-order valence-electron chi connectivity index (χ0n) is 33.9. The highest BCUT2D eigenvalue weighted by Crippen LogP contribution is 2.43. The van der Waals surface area contributed by atoms with E-state index in [4.69, 9.17) is 33.4 Å². The molecule has 0 fully saturated rings. The highest BCUT2D eigenvalue weighted by Gasteiger charge is 2.22. The Balaban J connectivity index is 1.35. The van der Waals surface area contributed by atoms with Crippen LogP contribution in [-0.2, 0) is 0 Å². The number of nitrogens with zero attached hydrogens (tertiary/aromatic N) is 3. The standard InChI is InChI=1S/C43H25N3O2/c1-3-12-26(13-4-1)30-24-25-34(38-31-18-9-10-20-35(31)47-40(30)38)43-45-41(28-15-5-2-6-16-28)44-42(46-43)33-19-11-21-36-37(33)32-23-22-27-14-7-8-17-29(27)39(32)48-36/h1-25H/i7D,8D,11D,14D,17D,19D,21D,22D,23D. The molecule has 10 rings (SSSR count). The summed E-state index contributed by atoms with van der Waals surface area (Å²) in [5, 5.41) is 1.13. The lowest BCUT2D eigenvalue weighted by molar-refractivity contribution is 0.670. The van der Waals surface area contributed by atoms with Crippen LogP contribution in [-0.4, -0.2) is 15.0 Å². The molecule has 0 unspecified atom stereocenters. The fourth-order valence-corrected chi connectivity index (χ4v) is 6.32. The third kappa shape index (κ3) is 4.08. The predicted octanol–water partition coefficient (Wildman–Crippen LogP) is 11.5. The molecule has 0 radical (unpaired) electrons. The summed E-state index contributed by atoms with van der Waals surface area (Å²) in [7, 11) is 0. The van der Waals surface area contributed by atoms with Crippen LogP contribution in [0.5, 0.6) is 0 Å². The van der Waals surface area contributed by atoms with Gasteiger partial charge in [0.1, 0.15) is 22.3 Å². The SMILES string of the molecule is [2H]c1c([2H])c(-c2nc(-c3ccccc3)nc(-c3ccc(-c4ccccc4)c4oc5ccccc5c34)n2)c2c(oc3c4c([2H])c([2H])c([2H])c([2H])c4c([2H])c([2H])c32)c1[2H]. The Labute approximate surface area is 287 Å². The second kappa shape index (κ2) is 10.5. The van der Waals surface area contributed by atoms with E-state index >= 15 is 0 Å². The summed E-state index contributed by atoms with van der Waals surface area (Å²) in [5.41, 5.74) is 3.82. The van der Waals surface area contributed by atoms with E-state index in [-0.39, 0.29) is 55.7 Å². The molecule has 5 nitrogen and oxygen atoms in total. The van der Waals surface area contributed by atoms with Gasteiger partial charge in [-0.1, -0.05) is 121 Å². The van der Waals surface area contributed by atoms with Crippen molar-refractivity contribution < 1.29 is 21.2 Å². The largest absolute Gasteiger partial charge is 0.455 e. The first-order chi connectivity index (χ1) is 27.5. The number of para-hydroxylation sites is 1. The molecule has 0 aliphatic rings. The molecule has 0 atom stereocenters. The van der Waals surface area contributed by atoms with E-state index in [1.54, 1.807) is 0 Å². The summed E-state index contributed by atoms with van der Waals surface area (Å²) >= 11 is 0. The lowest BCUT2D eigenvalue weighted by Crippen LogP contribution is -2.01. The predicted molar refractivity (Wildman–Crippen MR) is 194 cm³/mol. The summed E-state index contributed by atoms with van der Waals surface area (Å²) in [6, 6.07) is 26.0. The van der Waals surface area contributed by atoms with E-state index in [0.29, 0.717) is 22.3 Å². The molecular weight excluding hydrogens is 590 g/mol. The van der Waals surface area contributed by atoms with Crippen molar-refractivity contribution in [3.05, 3.63) is 151 Å². The molecule has 0 bridgehead atoms. The first-order valence-electron chi connectivity index (χ1n) is 19.7. The van der Waals surface area contributed by atoms with Gasteiger partial charge >= 0.3 is 0 Å². The van der Waals surface area contributed by atoms with Gasteiger partial charge in [0, 0.05) is 49.2 Å². The number of furan rings is 2. The van der Waals surface area contributed by atoms with E-state index < -0.39 is 54.4 Å². The van der Waals surface area contributed by atoms with Gasteiger partial charge in [-0.25, -0.2) is 15.0 Å². The first-order valence-corrected chi connectivity index (χ1v) is 15.2. The smallest absolute Gasteiger partial charge is 0.164 e. The van der Waals surface area contributed by atoms with Crippen molar-refractivity contribution in [1.29, 1.82) is 0 Å². The summed E-state index contributed by atoms with van der Waals surface area (Å²) in [5.74, 6) is 0.375. The lowest BCUT2D eigenvalue weighted by Gasteiger charge is -2.11. The van der Waals surface area contributed by atoms with Crippen molar-refractivity contribution in [2.75, 3.05) is 0 Å². The molecule has 7 aromatic carbocycles. The van der Waals surface area contributed by atoms with Gasteiger partial charge in [0.2, 0.25) is 0 Å². The second-order valence-corrected chi connectivity index (χ2v) is 11.3. The van der Waals surface area contributed by atoms with Crippen molar-refractivity contribution in [3.8, 4) is 45.3 Å². The first kappa shape index (κ1) is 19.2. The fraction of sp³-hybridized carbons (Fsp3) is 0. The van der Waals surface area contributed by atoms with Crippen LogP contribution in [0.3, 0.4) is 0 Å². The van der Waals surface area contributed by atoms with Gasteiger partial charge in [-0.3, -0.25) is 0 Å². The second-order valence-electron chi connectivity index (χ2n) is 11.3. The topological polar surface area (TPSA) is 65.0 Å². The van der Waals surface area contributed by atoms with Crippen LogP contribution in [0.1, 0.15) is 12.3 Å². The number of fused-ring (bicyclic) bond motifs is 8. The maximum Gasteiger partial charge on any atom is 0.164 e. The molecule has 0 aliphatic heterocycles. The molecule has 224 valence electrons. The van der Waals surface area contributed by atoms with Gasteiger partial charge in [0.15, 0.2) is 17.5 Å². The molecule has 10 aromatic rings. The van der Waals surface area contributed by atoms with Gasteiger partial charge < -0.3 is 8.83 Å². The van der Waals surface area contributed by atoms with Gasteiger partial charge in [0.25, 0.3) is 0 Å². The van der Waals surface area contributed by atoms with Crippen LogP contribution in [0.25, 0.3) is 99.9 Å². The monoisotopic (exact) mass is 624 g/mol. The fourth-order valence-electron chi connectivity index (χ4n) is 6.32. The number of rotatable bonds is 4. The van der Waals surface area contributed by atoms with Crippen LogP contribution in [0.4, 0.5) is 0 Å². The van der Waals surface area contributed by atoms with Crippen molar-refractivity contribution in [2.45, 2.75) is 0 Å². The maximum absolute atomic E-state index is 9.29. The molecule has 0 N–H and O–H groups in total. The summed E-state index contributed by atoms with van der Waals surface area (Å²) in [6.45, 7) is 0. The van der Waals surface area contributed by atoms with Crippen LogP contribution in [0.2, 0.25) is 0 Å². The van der Waals surface area contributed by atoms with E-state index in [9.17, 15) is 2.74 Å². The van der Waals surface area contributed by atoms with Crippen LogP contribution in [0.15, 0.2) is 160 Å². The minimum absolute atomic E-state index is 0.00157. The zero-order valence-corrected chi connectivity index (χ0v) is 24.9. The van der Waals surface area contributed by atoms with Gasteiger partial charge in [-0.15, -0.1) is 0 Å². The molecule has 3 heterocycles. The Morgan fingerprint density at radius 3 is 1.96 bits per heavy atom. The van der Waals surface area contributed by atoms with E-state index in [1.807, 2.05) is 97.1 Å². The normalized spacial score (nSPS) is 14.4. The minimum atomic E-state index is -0.568. The Hall–Kier alpha value is -6.59. The Kier molecular flexibility index (Phi) is 4.18. The molecule has 5 heteroatoms. The Bertz CT molecular complexity index is 3350. The van der Waals surface area contributed by atoms with Crippen LogP contribution in [0, 0.1) is 0 Å². The highest BCUT2D eigenvalue weighted by atomic mass is 16.3. The minimum Gasteiger partial charge on any atom is -0.455 e. The number of aromatic nitrogens is 3. The Morgan fingerprint density at radius 1 is 0.417 bits per heavy atom. The number of hydrogen-bond acceptors (Lipinski definition) is 5. The van der Waals surface area contributed by atoms with E-state index in [1.165, 1.54) is 0 Å². The maximum atomic E-state index is 9.29. The Morgan fingerprint density at radius 2 is 1.10 bits per heavy atom. The van der Waals surface area contributed by atoms with Crippen molar-refractivity contribution in [2.24, 2.45) is 0 Å². The molecule has 0 saturated heterocycles. The van der Waals surface area contributed by atoms with Crippen LogP contribution < -0.4 is 0 Å². The molecule has 48 heavy (non-hydrogen) atoms.